The molecule has 2 rings (SSSR count). The molecule has 0 aliphatic carbocycles. The lowest BCUT2D eigenvalue weighted by molar-refractivity contribution is 0.00310. The van der Waals surface area contributed by atoms with Gasteiger partial charge in [0.25, 0.3) is 0 Å². The highest BCUT2D eigenvalue weighted by atomic mass is 16.5. The number of nitrogens with zero attached hydrogens (tertiary/aromatic N) is 4. The summed E-state index contributed by atoms with van der Waals surface area (Å²) in [5.74, 6) is 0.874. The number of rotatable bonds is 4. The minimum Gasteiger partial charge on any atom is -0.376 e. The molecule has 0 amide bonds. The number of aromatic nitrogens is 4. The first kappa shape index (κ1) is 13.4. The Kier molecular flexibility index (Phi) is 4.29. The maximum absolute atomic E-state index is 5.71. The summed E-state index contributed by atoms with van der Waals surface area (Å²) in [6.07, 6.45) is 3.77. The summed E-state index contributed by atoms with van der Waals surface area (Å²) in [6, 6.07) is 0. The second-order valence-corrected chi connectivity index (χ2v) is 5.87. The lowest BCUT2D eigenvalue weighted by Gasteiger charge is -2.23. The van der Waals surface area contributed by atoms with Crippen LogP contribution in [-0.4, -0.2) is 38.5 Å². The average Bonchev–Trinajstić information content (AvgIpc) is 2.74. The Balaban J connectivity index is 1.90. The van der Waals surface area contributed by atoms with Crippen LogP contribution in [0.15, 0.2) is 0 Å². The zero-order valence-electron chi connectivity index (χ0n) is 11.5. The second-order valence-electron chi connectivity index (χ2n) is 5.87. The van der Waals surface area contributed by atoms with Crippen LogP contribution in [0.2, 0.25) is 0 Å². The molecule has 0 saturated carbocycles. The van der Waals surface area contributed by atoms with Crippen LogP contribution in [0.3, 0.4) is 0 Å². The van der Waals surface area contributed by atoms with Crippen LogP contribution in [0.25, 0.3) is 0 Å². The van der Waals surface area contributed by atoms with Crippen molar-refractivity contribution in [2.45, 2.75) is 64.8 Å². The largest absolute Gasteiger partial charge is 0.376 e. The van der Waals surface area contributed by atoms with Gasteiger partial charge < -0.3 is 10.1 Å². The SMILES string of the molecule is CC(C)(C)NCc1nnnn1CC1CCCCO1. The molecule has 1 aliphatic heterocycles. The summed E-state index contributed by atoms with van der Waals surface area (Å²) < 4.78 is 7.57. The van der Waals surface area contributed by atoms with Crippen molar-refractivity contribution in [3.63, 3.8) is 0 Å². The van der Waals surface area contributed by atoms with Gasteiger partial charge in [0.05, 0.1) is 19.2 Å². The van der Waals surface area contributed by atoms with Crippen molar-refractivity contribution in [2.75, 3.05) is 6.61 Å². The second kappa shape index (κ2) is 5.75. The van der Waals surface area contributed by atoms with E-state index in [1.54, 1.807) is 0 Å². The summed E-state index contributed by atoms with van der Waals surface area (Å²) in [7, 11) is 0. The standard InChI is InChI=1S/C12H23N5O/c1-12(2,3)13-8-11-14-15-16-17(11)9-10-6-4-5-7-18-10/h10,13H,4-9H2,1-3H3. The molecule has 18 heavy (non-hydrogen) atoms. The van der Waals surface area contributed by atoms with Gasteiger partial charge in [-0.05, 0) is 50.5 Å². The molecule has 6 nitrogen and oxygen atoms in total. The number of hydrogen-bond acceptors (Lipinski definition) is 5. The van der Waals surface area contributed by atoms with Crippen molar-refractivity contribution in [3.8, 4) is 0 Å². The van der Waals surface area contributed by atoms with Gasteiger partial charge in [-0.25, -0.2) is 4.68 Å². The zero-order valence-corrected chi connectivity index (χ0v) is 11.5. The van der Waals surface area contributed by atoms with Gasteiger partial charge in [0.1, 0.15) is 0 Å². The van der Waals surface area contributed by atoms with Crippen LogP contribution in [0, 0.1) is 0 Å². The van der Waals surface area contributed by atoms with E-state index in [9.17, 15) is 0 Å². The molecule has 1 atom stereocenters. The van der Waals surface area contributed by atoms with E-state index >= 15 is 0 Å². The predicted molar refractivity (Wildman–Crippen MR) is 68.0 cm³/mol. The number of nitrogens with one attached hydrogen (secondary N) is 1. The van der Waals surface area contributed by atoms with Gasteiger partial charge in [0.2, 0.25) is 0 Å². The molecule has 0 bridgehead atoms. The van der Waals surface area contributed by atoms with Gasteiger partial charge in [0, 0.05) is 12.1 Å². The van der Waals surface area contributed by atoms with Crippen LogP contribution >= 0.6 is 0 Å². The maximum Gasteiger partial charge on any atom is 0.165 e. The summed E-state index contributed by atoms with van der Waals surface area (Å²) in [5.41, 5.74) is 0.0676. The first-order valence-electron chi connectivity index (χ1n) is 6.66. The van der Waals surface area contributed by atoms with E-state index in [2.05, 4.69) is 41.6 Å². The van der Waals surface area contributed by atoms with Crippen molar-refractivity contribution in [1.29, 1.82) is 0 Å². The molecule has 1 aliphatic rings. The minimum atomic E-state index is 0.0676. The van der Waals surface area contributed by atoms with Crippen molar-refractivity contribution >= 4 is 0 Å². The van der Waals surface area contributed by atoms with Gasteiger partial charge in [-0.1, -0.05) is 0 Å². The van der Waals surface area contributed by atoms with E-state index in [4.69, 9.17) is 4.74 Å². The summed E-state index contributed by atoms with van der Waals surface area (Å²) in [4.78, 5) is 0. The third-order valence-corrected chi connectivity index (χ3v) is 3.03. The molecule has 0 radical (unpaired) electrons. The van der Waals surface area contributed by atoms with E-state index in [0.717, 1.165) is 25.4 Å². The molecule has 1 aromatic heterocycles. The molecule has 1 unspecified atom stereocenters. The highest BCUT2D eigenvalue weighted by Crippen LogP contribution is 2.14. The number of tetrazole rings is 1. The van der Waals surface area contributed by atoms with E-state index in [1.165, 1.54) is 12.8 Å². The lowest BCUT2D eigenvalue weighted by atomic mass is 10.1. The Bertz CT molecular complexity index is 365. The normalized spacial score (nSPS) is 21.2. The van der Waals surface area contributed by atoms with E-state index in [1.807, 2.05) is 4.68 Å². The first-order valence-corrected chi connectivity index (χ1v) is 6.66. The number of hydrogen-bond donors (Lipinski definition) is 1. The first-order chi connectivity index (χ1) is 8.54. The average molecular weight is 253 g/mol. The van der Waals surface area contributed by atoms with E-state index in [-0.39, 0.29) is 11.6 Å². The van der Waals surface area contributed by atoms with E-state index < -0.39 is 0 Å². The molecular weight excluding hydrogens is 230 g/mol. The monoisotopic (exact) mass is 253 g/mol. The highest BCUT2D eigenvalue weighted by molar-refractivity contribution is 4.84. The van der Waals surface area contributed by atoms with Crippen LogP contribution in [0.1, 0.15) is 45.9 Å². The fraction of sp³-hybridized carbons (Fsp3) is 0.917. The molecule has 1 fully saturated rings. The molecule has 1 saturated heterocycles. The molecule has 1 aromatic rings. The zero-order chi connectivity index (χ0) is 13.0. The third-order valence-electron chi connectivity index (χ3n) is 3.03. The Morgan fingerprint density at radius 2 is 2.22 bits per heavy atom. The maximum atomic E-state index is 5.71. The fourth-order valence-electron chi connectivity index (χ4n) is 1.98. The summed E-state index contributed by atoms with van der Waals surface area (Å²) in [6.45, 7) is 8.70. The molecule has 1 N–H and O–H groups in total. The van der Waals surface area contributed by atoms with Crippen LogP contribution in [-0.2, 0) is 17.8 Å². The van der Waals surface area contributed by atoms with Crippen molar-refractivity contribution < 1.29 is 4.74 Å². The molecule has 0 spiro atoms. The smallest absolute Gasteiger partial charge is 0.165 e. The Morgan fingerprint density at radius 1 is 1.39 bits per heavy atom. The quantitative estimate of drug-likeness (QED) is 0.871. The minimum absolute atomic E-state index is 0.0676. The highest BCUT2D eigenvalue weighted by Gasteiger charge is 2.18. The lowest BCUT2D eigenvalue weighted by Crippen LogP contribution is -2.36. The Hall–Kier alpha value is -1.01. The predicted octanol–water partition coefficient (Wildman–Crippen LogP) is 1.13. The topological polar surface area (TPSA) is 64.9 Å². The molecule has 6 heteroatoms. The molecular formula is C12H23N5O. The molecule has 102 valence electrons. The van der Waals surface area contributed by atoms with Gasteiger partial charge in [-0.15, -0.1) is 5.10 Å². The Labute approximate surface area is 108 Å². The fourth-order valence-corrected chi connectivity index (χ4v) is 1.98. The third kappa shape index (κ3) is 4.03. The number of ether oxygens (including phenoxy) is 1. The summed E-state index contributed by atoms with van der Waals surface area (Å²) in [5, 5.41) is 15.3. The van der Waals surface area contributed by atoms with Crippen LogP contribution in [0.4, 0.5) is 0 Å². The molecule has 2 heterocycles. The van der Waals surface area contributed by atoms with E-state index in [0.29, 0.717) is 6.54 Å². The van der Waals surface area contributed by atoms with Crippen LogP contribution in [0.5, 0.6) is 0 Å². The molecule has 0 aromatic carbocycles. The van der Waals surface area contributed by atoms with Gasteiger partial charge >= 0.3 is 0 Å². The van der Waals surface area contributed by atoms with Crippen molar-refractivity contribution in [3.05, 3.63) is 5.82 Å². The van der Waals surface area contributed by atoms with Crippen molar-refractivity contribution in [2.24, 2.45) is 0 Å². The van der Waals surface area contributed by atoms with Gasteiger partial charge in [0.15, 0.2) is 5.82 Å². The summed E-state index contributed by atoms with van der Waals surface area (Å²) >= 11 is 0. The van der Waals surface area contributed by atoms with Gasteiger partial charge in [-0.3, -0.25) is 0 Å². The van der Waals surface area contributed by atoms with Crippen LogP contribution < -0.4 is 5.32 Å². The Morgan fingerprint density at radius 3 is 2.89 bits per heavy atom. The van der Waals surface area contributed by atoms with Gasteiger partial charge in [-0.2, -0.15) is 0 Å². The van der Waals surface area contributed by atoms with Crippen molar-refractivity contribution in [1.82, 2.24) is 25.5 Å².